The first-order valence-electron chi connectivity index (χ1n) is 6.91. The summed E-state index contributed by atoms with van der Waals surface area (Å²) in [6, 6.07) is 3.35. The normalized spacial score (nSPS) is 11.8. The average molecular weight is 357 g/mol. The van der Waals surface area contributed by atoms with E-state index in [1.807, 2.05) is 6.92 Å². The number of amides is 1. The molecule has 3 N–H and O–H groups in total. The quantitative estimate of drug-likeness (QED) is 0.466. The van der Waals surface area contributed by atoms with Crippen LogP contribution in [0.4, 0.5) is 5.69 Å². The molecule has 0 bridgehead atoms. The molecule has 21 heavy (non-hydrogen) atoms. The van der Waals surface area contributed by atoms with Crippen LogP contribution in [0.25, 0.3) is 0 Å². The predicted molar refractivity (Wildman–Crippen MR) is 86.1 cm³/mol. The summed E-state index contributed by atoms with van der Waals surface area (Å²) in [4.78, 5) is 23.9. The summed E-state index contributed by atoms with van der Waals surface area (Å²) in [7, 11) is 0. The molecule has 6 heteroatoms. The Bertz CT molecular complexity index is 532. The lowest BCUT2D eigenvalue weighted by atomic mass is 10.1. The highest BCUT2D eigenvalue weighted by Crippen LogP contribution is 2.23. The Kier molecular flexibility index (Phi) is 6.68. The molecule has 0 fully saturated rings. The van der Waals surface area contributed by atoms with Gasteiger partial charge >= 0.3 is 5.97 Å². The molecule has 1 aromatic rings. The fourth-order valence-corrected chi connectivity index (χ4v) is 2.20. The summed E-state index contributed by atoms with van der Waals surface area (Å²) in [5.41, 5.74) is 7.31. The van der Waals surface area contributed by atoms with Crippen LogP contribution < -0.4 is 11.1 Å². The van der Waals surface area contributed by atoms with Crippen molar-refractivity contribution in [1.82, 2.24) is 5.32 Å². The van der Waals surface area contributed by atoms with Gasteiger partial charge in [0, 0.05) is 16.7 Å². The summed E-state index contributed by atoms with van der Waals surface area (Å²) >= 11 is 3.29. The van der Waals surface area contributed by atoms with Crippen molar-refractivity contribution in [3.63, 3.8) is 0 Å². The number of rotatable bonds is 6. The van der Waals surface area contributed by atoms with Gasteiger partial charge in [-0.2, -0.15) is 0 Å². The first-order valence-corrected chi connectivity index (χ1v) is 7.70. The lowest BCUT2D eigenvalue weighted by Gasteiger charge is -2.15. The summed E-state index contributed by atoms with van der Waals surface area (Å²) in [6.45, 7) is 5.91. The molecule has 1 rings (SSSR count). The summed E-state index contributed by atoms with van der Waals surface area (Å²) in [5, 5.41) is 2.73. The first-order chi connectivity index (χ1) is 9.86. The van der Waals surface area contributed by atoms with Gasteiger partial charge in [-0.05, 0) is 38.0 Å². The van der Waals surface area contributed by atoms with Crippen molar-refractivity contribution in [2.24, 2.45) is 0 Å². The van der Waals surface area contributed by atoms with Crippen LogP contribution in [0.3, 0.4) is 0 Å². The molecule has 0 aromatic heterocycles. The van der Waals surface area contributed by atoms with Gasteiger partial charge in [0.1, 0.15) is 0 Å². The average Bonchev–Trinajstić information content (AvgIpc) is 2.42. The van der Waals surface area contributed by atoms with Crippen molar-refractivity contribution in [2.75, 3.05) is 12.3 Å². The third-order valence-electron chi connectivity index (χ3n) is 3.12. The lowest BCUT2D eigenvalue weighted by Crippen LogP contribution is -2.36. The van der Waals surface area contributed by atoms with Crippen LogP contribution in [0.5, 0.6) is 0 Å². The van der Waals surface area contributed by atoms with Crippen molar-refractivity contribution >= 4 is 33.5 Å². The van der Waals surface area contributed by atoms with E-state index >= 15 is 0 Å². The molecule has 0 radical (unpaired) electrons. The molecule has 1 atom stereocenters. The van der Waals surface area contributed by atoms with E-state index in [-0.39, 0.29) is 5.91 Å². The zero-order chi connectivity index (χ0) is 16.0. The van der Waals surface area contributed by atoms with E-state index < -0.39 is 12.1 Å². The van der Waals surface area contributed by atoms with Gasteiger partial charge < -0.3 is 15.8 Å². The fourth-order valence-electron chi connectivity index (χ4n) is 1.72. The summed E-state index contributed by atoms with van der Waals surface area (Å²) in [6.07, 6.45) is 1.05. The molecule has 0 heterocycles. The van der Waals surface area contributed by atoms with E-state index in [1.165, 1.54) is 0 Å². The van der Waals surface area contributed by atoms with Crippen LogP contribution in [0.1, 0.15) is 42.6 Å². The van der Waals surface area contributed by atoms with Crippen LogP contribution in [0, 0.1) is 6.92 Å². The van der Waals surface area contributed by atoms with Crippen LogP contribution >= 0.6 is 15.9 Å². The number of hydrogen-bond donors (Lipinski definition) is 2. The number of nitrogens with two attached hydrogens (primary N) is 1. The van der Waals surface area contributed by atoms with Gasteiger partial charge in [0.25, 0.3) is 5.91 Å². The van der Waals surface area contributed by atoms with E-state index in [9.17, 15) is 9.59 Å². The first kappa shape index (κ1) is 17.5. The van der Waals surface area contributed by atoms with Crippen LogP contribution in [0.2, 0.25) is 0 Å². The third-order valence-corrected chi connectivity index (χ3v) is 3.57. The largest absolute Gasteiger partial charge is 0.449 e. The minimum atomic E-state index is -0.839. The number of nitrogens with one attached hydrogen (secondary N) is 1. The van der Waals surface area contributed by atoms with Crippen molar-refractivity contribution in [2.45, 2.75) is 39.7 Å². The number of anilines is 1. The number of ether oxygens (including phenoxy) is 1. The zero-order valence-corrected chi connectivity index (χ0v) is 14.1. The third kappa shape index (κ3) is 5.04. The Morgan fingerprint density at radius 3 is 2.71 bits per heavy atom. The summed E-state index contributed by atoms with van der Waals surface area (Å²) in [5.74, 6) is -0.851. The maximum absolute atomic E-state index is 12.1. The number of nitrogen functional groups attached to an aromatic ring is 1. The van der Waals surface area contributed by atoms with E-state index in [4.69, 9.17) is 10.5 Å². The van der Waals surface area contributed by atoms with Crippen molar-refractivity contribution in [1.29, 1.82) is 0 Å². The van der Waals surface area contributed by atoms with Crippen LogP contribution in [-0.2, 0) is 9.53 Å². The topological polar surface area (TPSA) is 81.4 Å². The van der Waals surface area contributed by atoms with Gasteiger partial charge in [0.15, 0.2) is 6.10 Å². The molecule has 5 nitrogen and oxygen atoms in total. The van der Waals surface area contributed by atoms with Crippen LogP contribution in [0.15, 0.2) is 16.6 Å². The standard InChI is InChI=1S/C15H21BrN2O3/c1-4-5-6-18-14(19)10(3)21-15(20)12-7-11(16)8-13(17)9(12)2/h7-8,10H,4-6,17H2,1-3H3,(H,18,19). The number of esters is 1. The Balaban J connectivity index is 2.71. The highest BCUT2D eigenvalue weighted by molar-refractivity contribution is 9.10. The second-order valence-corrected chi connectivity index (χ2v) is 5.78. The Morgan fingerprint density at radius 1 is 1.43 bits per heavy atom. The molecule has 1 aromatic carbocycles. The van der Waals surface area contributed by atoms with Gasteiger partial charge in [0.2, 0.25) is 0 Å². The lowest BCUT2D eigenvalue weighted by molar-refractivity contribution is -0.129. The minimum Gasteiger partial charge on any atom is -0.449 e. The number of benzene rings is 1. The molecule has 0 aliphatic carbocycles. The number of unbranched alkanes of at least 4 members (excludes halogenated alkanes) is 1. The molecule has 0 saturated carbocycles. The molecular formula is C15H21BrN2O3. The number of carbonyl (C=O) groups is 2. The molecule has 1 unspecified atom stereocenters. The second-order valence-electron chi connectivity index (χ2n) is 4.86. The van der Waals surface area contributed by atoms with Crippen molar-refractivity contribution in [3.8, 4) is 0 Å². The molecule has 116 valence electrons. The maximum atomic E-state index is 12.1. The second kappa shape index (κ2) is 8.02. The Morgan fingerprint density at radius 2 is 2.10 bits per heavy atom. The van der Waals surface area contributed by atoms with E-state index in [0.29, 0.717) is 27.8 Å². The Labute approximate surface area is 133 Å². The Hall–Kier alpha value is -1.56. The smallest absolute Gasteiger partial charge is 0.339 e. The van der Waals surface area contributed by atoms with E-state index in [1.54, 1.807) is 26.0 Å². The highest BCUT2D eigenvalue weighted by atomic mass is 79.9. The predicted octanol–water partition coefficient (Wildman–Crippen LogP) is 2.80. The molecule has 0 aliphatic rings. The van der Waals surface area contributed by atoms with Gasteiger partial charge in [-0.25, -0.2) is 4.79 Å². The van der Waals surface area contributed by atoms with E-state index in [0.717, 1.165) is 12.8 Å². The molecule has 0 aliphatic heterocycles. The SMILES string of the molecule is CCCCNC(=O)C(C)OC(=O)c1cc(Br)cc(N)c1C. The van der Waals surface area contributed by atoms with Crippen molar-refractivity contribution in [3.05, 3.63) is 27.7 Å². The minimum absolute atomic E-state index is 0.294. The highest BCUT2D eigenvalue weighted by Gasteiger charge is 2.20. The maximum Gasteiger partial charge on any atom is 0.339 e. The van der Waals surface area contributed by atoms with E-state index in [2.05, 4.69) is 21.2 Å². The van der Waals surface area contributed by atoms with Gasteiger partial charge in [-0.3, -0.25) is 4.79 Å². The molecular weight excluding hydrogens is 336 g/mol. The number of carbonyl (C=O) groups excluding carboxylic acids is 2. The van der Waals surface area contributed by atoms with Gasteiger partial charge in [-0.1, -0.05) is 29.3 Å². The molecule has 1 amide bonds. The van der Waals surface area contributed by atoms with Gasteiger partial charge in [0.05, 0.1) is 5.56 Å². The monoisotopic (exact) mass is 356 g/mol. The number of hydrogen-bond acceptors (Lipinski definition) is 4. The summed E-state index contributed by atoms with van der Waals surface area (Å²) < 4.78 is 5.88. The number of halogens is 1. The van der Waals surface area contributed by atoms with Gasteiger partial charge in [-0.15, -0.1) is 0 Å². The van der Waals surface area contributed by atoms with Crippen LogP contribution in [-0.4, -0.2) is 24.5 Å². The molecule has 0 saturated heterocycles. The zero-order valence-electron chi connectivity index (χ0n) is 12.5. The fraction of sp³-hybridized carbons (Fsp3) is 0.467. The van der Waals surface area contributed by atoms with Crippen molar-refractivity contribution < 1.29 is 14.3 Å². The molecule has 0 spiro atoms.